The number of para-hydroxylation sites is 1. The van der Waals surface area contributed by atoms with Crippen molar-refractivity contribution in [2.24, 2.45) is 0 Å². The van der Waals surface area contributed by atoms with Gasteiger partial charge in [-0.2, -0.15) is 0 Å². The lowest BCUT2D eigenvalue weighted by Crippen LogP contribution is -2.18. The average molecular weight is 279 g/mol. The third kappa shape index (κ3) is 4.69. The molecule has 0 atom stereocenters. The Labute approximate surface area is 121 Å². The van der Waals surface area contributed by atoms with Crippen LogP contribution in [0.3, 0.4) is 0 Å². The van der Waals surface area contributed by atoms with Crippen molar-refractivity contribution in [1.29, 1.82) is 0 Å². The third-order valence-corrected chi connectivity index (χ3v) is 3.12. The molecular weight excluding hydrogens is 254 g/mol. The molecule has 0 spiro atoms. The maximum Gasteiger partial charge on any atom is 0.165 e. The molecule has 0 aromatic heterocycles. The monoisotopic (exact) mass is 279 g/mol. The summed E-state index contributed by atoms with van der Waals surface area (Å²) >= 11 is 0. The molecule has 0 aliphatic carbocycles. The summed E-state index contributed by atoms with van der Waals surface area (Å²) in [5.74, 6) is 1.76. The molecule has 1 aromatic rings. The molecule has 1 N–H and O–H groups in total. The molecule has 4 nitrogen and oxygen atoms in total. The minimum Gasteiger partial charge on any atom is -0.490 e. The van der Waals surface area contributed by atoms with Crippen LogP contribution in [-0.2, 0) is 11.3 Å². The van der Waals surface area contributed by atoms with Crippen LogP contribution in [0.5, 0.6) is 11.5 Å². The first kappa shape index (κ1) is 15.1. The van der Waals surface area contributed by atoms with E-state index in [9.17, 15) is 0 Å². The van der Waals surface area contributed by atoms with Gasteiger partial charge in [0, 0.05) is 25.1 Å². The van der Waals surface area contributed by atoms with Crippen LogP contribution in [0.2, 0.25) is 0 Å². The number of benzene rings is 1. The van der Waals surface area contributed by atoms with Crippen LogP contribution in [0, 0.1) is 0 Å². The van der Waals surface area contributed by atoms with Gasteiger partial charge >= 0.3 is 0 Å². The van der Waals surface area contributed by atoms with Crippen LogP contribution in [0.25, 0.3) is 0 Å². The molecule has 0 bridgehead atoms. The van der Waals surface area contributed by atoms with Gasteiger partial charge in [0.05, 0.1) is 19.3 Å². The summed E-state index contributed by atoms with van der Waals surface area (Å²) < 4.78 is 17.0. The van der Waals surface area contributed by atoms with Crippen molar-refractivity contribution in [2.75, 3.05) is 26.4 Å². The number of ether oxygens (including phenoxy) is 3. The number of hydrogen-bond acceptors (Lipinski definition) is 4. The molecule has 1 heterocycles. The van der Waals surface area contributed by atoms with Gasteiger partial charge in [-0.25, -0.2) is 0 Å². The minimum atomic E-state index is 0.311. The summed E-state index contributed by atoms with van der Waals surface area (Å²) in [6.45, 7) is 8.12. The first-order valence-electron chi connectivity index (χ1n) is 7.47. The molecule has 0 unspecified atom stereocenters. The number of fused-ring (bicyclic) bond motifs is 1. The number of rotatable bonds is 7. The standard InChI is InChI=1S/C16H25NO3/c1-13(2)18-9-4-8-17-12-14-6-3-7-15-16(14)20-11-5-10-19-15/h3,6-7,13,17H,4-5,8-12H2,1-2H3. The van der Waals surface area contributed by atoms with Crippen molar-refractivity contribution in [1.82, 2.24) is 5.32 Å². The van der Waals surface area contributed by atoms with E-state index in [1.165, 1.54) is 0 Å². The highest BCUT2D eigenvalue weighted by molar-refractivity contribution is 5.46. The fraction of sp³-hybridized carbons (Fsp3) is 0.625. The van der Waals surface area contributed by atoms with E-state index >= 15 is 0 Å². The van der Waals surface area contributed by atoms with Gasteiger partial charge in [0.25, 0.3) is 0 Å². The quantitative estimate of drug-likeness (QED) is 0.779. The lowest BCUT2D eigenvalue weighted by atomic mass is 10.2. The molecule has 0 amide bonds. The molecule has 1 aliphatic rings. The van der Waals surface area contributed by atoms with Crippen molar-refractivity contribution < 1.29 is 14.2 Å². The Morgan fingerprint density at radius 2 is 2.10 bits per heavy atom. The van der Waals surface area contributed by atoms with E-state index in [2.05, 4.69) is 25.2 Å². The lowest BCUT2D eigenvalue weighted by molar-refractivity contribution is 0.0770. The van der Waals surface area contributed by atoms with Crippen LogP contribution >= 0.6 is 0 Å². The summed E-state index contributed by atoms with van der Waals surface area (Å²) in [6, 6.07) is 6.08. The van der Waals surface area contributed by atoms with E-state index in [-0.39, 0.29) is 0 Å². The van der Waals surface area contributed by atoms with E-state index in [1.54, 1.807) is 0 Å². The fourth-order valence-corrected chi connectivity index (χ4v) is 2.13. The minimum absolute atomic E-state index is 0.311. The Morgan fingerprint density at radius 3 is 2.95 bits per heavy atom. The second kappa shape index (κ2) is 8.12. The highest BCUT2D eigenvalue weighted by Gasteiger charge is 2.13. The van der Waals surface area contributed by atoms with Crippen molar-refractivity contribution in [3.63, 3.8) is 0 Å². The largest absolute Gasteiger partial charge is 0.490 e. The predicted octanol–water partition coefficient (Wildman–Crippen LogP) is 2.75. The Morgan fingerprint density at radius 1 is 1.25 bits per heavy atom. The van der Waals surface area contributed by atoms with E-state index in [0.29, 0.717) is 6.10 Å². The summed E-state index contributed by atoms with van der Waals surface area (Å²) in [6.07, 6.45) is 2.27. The normalized spacial score (nSPS) is 14.3. The van der Waals surface area contributed by atoms with Gasteiger partial charge in [0.1, 0.15) is 0 Å². The molecule has 0 saturated carbocycles. The molecule has 0 fully saturated rings. The van der Waals surface area contributed by atoms with Crippen LogP contribution in [0.4, 0.5) is 0 Å². The van der Waals surface area contributed by atoms with Gasteiger partial charge < -0.3 is 19.5 Å². The second-order valence-electron chi connectivity index (χ2n) is 5.24. The van der Waals surface area contributed by atoms with E-state index in [4.69, 9.17) is 14.2 Å². The Bertz CT molecular complexity index is 407. The third-order valence-electron chi connectivity index (χ3n) is 3.12. The van der Waals surface area contributed by atoms with Gasteiger partial charge in [0.15, 0.2) is 11.5 Å². The molecule has 0 radical (unpaired) electrons. The topological polar surface area (TPSA) is 39.7 Å². The highest BCUT2D eigenvalue weighted by atomic mass is 16.5. The van der Waals surface area contributed by atoms with Crippen LogP contribution in [-0.4, -0.2) is 32.5 Å². The van der Waals surface area contributed by atoms with Crippen molar-refractivity contribution in [2.45, 2.75) is 39.3 Å². The SMILES string of the molecule is CC(C)OCCCNCc1cccc2c1OCCCO2. The smallest absolute Gasteiger partial charge is 0.165 e. The molecular formula is C16H25NO3. The number of nitrogens with one attached hydrogen (secondary N) is 1. The summed E-state index contributed by atoms with van der Waals surface area (Å²) in [7, 11) is 0. The van der Waals surface area contributed by atoms with Crippen LogP contribution in [0.15, 0.2) is 18.2 Å². The zero-order chi connectivity index (χ0) is 14.2. The predicted molar refractivity (Wildman–Crippen MR) is 79.5 cm³/mol. The second-order valence-corrected chi connectivity index (χ2v) is 5.24. The molecule has 1 aromatic carbocycles. The Balaban J connectivity index is 1.78. The summed E-state index contributed by atoms with van der Waals surface area (Å²) in [4.78, 5) is 0. The van der Waals surface area contributed by atoms with Gasteiger partial charge in [-0.05, 0) is 32.9 Å². The van der Waals surface area contributed by atoms with Crippen molar-refractivity contribution in [3.05, 3.63) is 23.8 Å². The molecule has 4 heteroatoms. The Hall–Kier alpha value is -1.26. The summed E-state index contributed by atoms with van der Waals surface area (Å²) in [5.41, 5.74) is 1.16. The molecule has 2 rings (SSSR count). The zero-order valence-corrected chi connectivity index (χ0v) is 12.5. The molecule has 1 aliphatic heterocycles. The van der Waals surface area contributed by atoms with E-state index in [1.807, 2.05) is 12.1 Å². The number of hydrogen-bond donors (Lipinski definition) is 1. The highest BCUT2D eigenvalue weighted by Crippen LogP contribution is 2.32. The molecule has 20 heavy (non-hydrogen) atoms. The molecule has 0 saturated heterocycles. The van der Waals surface area contributed by atoms with Crippen molar-refractivity contribution >= 4 is 0 Å². The van der Waals surface area contributed by atoms with Crippen LogP contribution < -0.4 is 14.8 Å². The van der Waals surface area contributed by atoms with Gasteiger partial charge in [-0.15, -0.1) is 0 Å². The maximum atomic E-state index is 5.80. The van der Waals surface area contributed by atoms with Crippen molar-refractivity contribution in [3.8, 4) is 11.5 Å². The lowest BCUT2D eigenvalue weighted by Gasteiger charge is -2.13. The molecule has 112 valence electrons. The zero-order valence-electron chi connectivity index (χ0n) is 12.5. The van der Waals surface area contributed by atoms with E-state index < -0.39 is 0 Å². The fourth-order valence-electron chi connectivity index (χ4n) is 2.13. The first-order chi connectivity index (χ1) is 9.77. The van der Waals surface area contributed by atoms with Gasteiger partial charge in [-0.3, -0.25) is 0 Å². The Kier molecular flexibility index (Phi) is 6.15. The van der Waals surface area contributed by atoms with Crippen LogP contribution in [0.1, 0.15) is 32.3 Å². The van der Waals surface area contributed by atoms with Gasteiger partial charge in [-0.1, -0.05) is 12.1 Å². The van der Waals surface area contributed by atoms with Gasteiger partial charge in [0.2, 0.25) is 0 Å². The first-order valence-corrected chi connectivity index (χ1v) is 7.47. The van der Waals surface area contributed by atoms with E-state index in [0.717, 1.165) is 62.8 Å². The maximum absolute atomic E-state index is 5.80. The summed E-state index contributed by atoms with van der Waals surface area (Å²) in [5, 5.41) is 3.43. The average Bonchev–Trinajstić information content (AvgIpc) is 2.68.